The number of rotatable bonds is 2. The van der Waals surface area contributed by atoms with Crippen molar-refractivity contribution in [2.24, 2.45) is 0 Å². The smallest absolute Gasteiger partial charge is 0.0499 e. The van der Waals surface area contributed by atoms with Crippen molar-refractivity contribution in [1.82, 2.24) is 4.57 Å². The first-order chi connectivity index (χ1) is 9.56. The van der Waals surface area contributed by atoms with Gasteiger partial charge in [0.25, 0.3) is 0 Å². The molecular weight excluding hydrogens is 266 g/mol. The van der Waals surface area contributed by atoms with Crippen LogP contribution < -0.4 is 0 Å². The lowest BCUT2D eigenvalue weighted by atomic mass is 10.00. The zero-order valence-corrected chi connectivity index (χ0v) is 12.8. The molecule has 0 fully saturated rings. The van der Waals surface area contributed by atoms with E-state index >= 15 is 0 Å². The van der Waals surface area contributed by atoms with Crippen molar-refractivity contribution in [3.63, 3.8) is 0 Å². The Morgan fingerprint density at radius 3 is 2.40 bits per heavy atom. The van der Waals surface area contributed by atoms with Crippen LogP contribution >= 0.6 is 11.6 Å². The Bertz CT molecular complexity index is 760. The van der Waals surface area contributed by atoms with Crippen LogP contribution in [-0.2, 0) is 6.54 Å². The van der Waals surface area contributed by atoms with Gasteiger partial charge in [-0.05, 0) is 55.7 Å². The van der Waals surface area contributed by atoms with Crippen molar-refractivity contribution in [3.8, 4) is 0 Å². The average Bonchev–Trinajstić information content (AvgIpc) is 2.78. The van der Waals surface area contributed by atoms with Gasteiger partial charge in [-0.1, -0.05) is 35.4 Å². The summed E-state index contributed by atoms with van der Waals surface area (Å²) in [6.45, 7) is 7.42. The third-order valence-electron chi connectivity index (χ3n) is 3.93. The standard InChI is InChI=1S/C18H18ClN/c1-12-9-13(2)16(14(3)10-12)11-20-8-7-15-17(19)5-4-6-18(15)20/h4-10H,11H2,1-3H3. The number of hydrogen-bond acceptors (Lipinski definition) is 0. The minimum atomic E-state index is 0.818. The molecule has 0 unspecified atom stereocenters. The van der Waals surface area contributed by atoms with Gasteiger partial charge in [0, 0.05) is 28.7 Å². The molecule has 2 heteroatoms. The molecule has 3 aromatic rings. The van der Waals surface area contributed by atoms with Gasteiger partial charge < -0.3 is 4.57 Å². The van der Waals surface area contributed by atoms with Gasteiger partial charge in [0.15, 0.2) is 0 Å². The number of nitrogens with zero attached hydrogens (tertiary/aromatic N) is 1. The van der Waals surface area contributed by atoms with E-state index in [0.717, 1.165) is 17.0 Å². The van der Waals surface area contributed by atoms with E-state index in [1.807, 2.05) is 12.1 Å². The Balaban J connectivity index is 2.08. The van der Waals surface area contributed by atoms with E-state index in [9.17, 15) is 0 Å². The highest BCUT2D eigenvalue weighted by Crippen LogP contribution is 2.26. The first-order valence-corrected chi connectivity index (χ1v) is 7.24. The summed E-state index contributed by atoms with van der Waals surface area (Å²) in [5.74, 6) is 0. The lowest BCUT2D eigenvalue weighted by Crippen LogP contribution is -2.03. The molecule has 0 aliphatic carbocycles. The molecule has 0 atom stereocenters. The maximum Gasteiger partial charge on any atom is 0.0499 e. The molecule has 0 aliphatic rings. The molecule has 1 heterocycles. The molecule has 20 heavy (non-hydrogen) atoms. The highest BCUT2D eigenvalue weighted by atomic mass is 35.5. The summed E-state index contributed by atoms with van der Waals surface area (Å²) < 4.78 is 2.27. The number of hydrogen-bond donors (Lipinski definition) is 0. The molecular formula is C18H18ClN. The average molecular weight is 284 g/mol. The first-order valence-electron chi connectivity index (χ1n) is 6.86. The first kappa shape index (κ1) is 13.3. The highest BCUT2D eigenvalue weighted by molar-refractivity contribution is 6.35. The van der Waals surface area contributed by atoms with E-state index < -0.39 is 0 Å². The van der Waals surface area contributed by atoms with Crippen LogP contribution in [0.2, 0.25) is 5.02 Å². The maximum absolute atomic E-state index is 6.24. The molecule has 102 valence electrons. The molecule has 2 aromatic carbocycles. The Morgan fingerprint density at radius 2 is 1.70 bits per heavy atom. The Labute approximate surface area is 124 Å². The van der Waals surface area contributed by atoms with E-state index in [1.54, 1.807) is 0 Å². The molecule has 0 N–H and O–H groups in total. The minimum Gasteiger partial charge on any atom is -0.343 e. The van der Waals surface area contributed by atoms with Crippen molar-refractivity contribution >= 4 is 22.5 Å². The van der Waals surface area contributed by atoms with Crippen LogP contribution in [0.25, 0.3) is 10.9 Å². The quantitative estimate of drug-likeness (QED) is 0.604. The van der Waals surface area contributed by atoms with Crippen molar-refractivity contribution in [3.05, 3.63) is 69.9 Å². The molecule has 0 spiro atoms. The predicted octanol–water partition coefficient (Wildman–Crippen LogP) is 5.27. The van der Waals surface area contributed by atoms with Crippen LogP contribution in [0.5, 0.6) is 0 Å². The van der Waals surface area contributed by atoms with Crippen LogP contribution in [0.15, 0.2) is 42.6 Å². The van der Waals surface area contributed by atoms with Gasteiger partial charge in [-0.2, -0.15) is 0 Å². The normalized spacial score (nSPS) is 11.2. The van der Waals surface area contributed by atoms with Crippen LogP contribution in [0, 0.1) is 20.8 Å². The van der Waals surface area contributed by atoms with Crippen LogP contribution in [0.3, 0.4) is 0 Å². The summed E-state index contributed by atoms with van der Waals surface area (Å²) >= 11 is 6.24. The van der Waals surface area contributed by atoms with Crippen LogP contribution in [0.1, 0.15) is 22.3 Å². The van der Waals surface area contributed by atoms with Gasteiger partial charge in [-0.25, -0.2) is 0 Å². The Hall–Kier alpha value is -1.73. The summed E-state index contributed by atoms with van der Waals surface area (Å²) in [7, 11) is 0. The van der Waals surface area contributed by atoms with Gasteiger partial charge in [-0.3, -0.25) is 0 Å². The largest absolute Gasteiger partial charge is 0.343 e. The predicted molar refractivity (Wildman–Crippen MR) is 86.7 cm³/mol. The number of benzene rings is 2. The second-order valence-corrected chi connectivity index (χ2v) is 5.90. The number of halogens is 1. The summed E-state index contributed by atoms with van der Waals surface area (Å²) in [6, 6.07) is 12.7. The fourth-order valence-corrected chi connectivity index (χ4v) is 3.19. The molecule has 1 nitrogen and oxygen atoms in total. The molecule has 0 saturated carbocycles. The second-order valence-electron chi connectivity index (χ2n) is 5.49. The monoisotopic (exact) mass is 283 g/mol. The minimum absolute atomic E-state index is 0.818. The fourth-order valence-electron chi connectivity index (χ4n) is 2.95. The molecule has 3 rings (SSSR count). The van der Waals surface area contributed by atoms with Gasteiger partial charge >= 0.3 is 0 Å². The molecule has 1 aromatic heterocycles. The van der Waals surface area contributed by atoms with Crippen LogP contribution in [-0.4, -0.2) is 4.57 Å². The maximum atomic E-state index is 6.24. The Kier molecular flexibility index (Phi) is 3.31. The van der Waals surface area contributed by atoms with Gasteiger partial charge in [0.05, 0.1) is 0 Å². The topological polar surface area (TPSA) is 4.93 Å². The molecule has 0 bridgehead atoms. The third kappa shape index (κ3) is 2.23. The number of fused-ring (bicyclic) bond motifs is 1. The lowest BCUT2D eigenvalue weighted by Gasteiger charge is -2.13. The lowest BCUT2D eigenvalue weighted by molar-refractivity contribution is 0.823. The molecule has 0 amide bonds. The third-order valence-corrected chi connectivity index (χ3v) is 4.26. The van der Waals surface area contributed by atoms with E-state index in [4.69, 9.17) is 11.6 Å². The zero-order chi connectivity index (χ0) is 14.3. The molecule has 0 aliphatic heterocycles. The fraction of sp³-hybridized carbons (Fsp3) is 0.222. The van der Waals surface area contributed by atoms with E-state index in [1.165, 1.54) is 27.8 Å². The van der Waals surface area contributed by atoms with Crippen molar-refractivity contribution in [1.29, 1.82) is 0 Å². The summed E-state index contributed by atoms with van der Waals surface area (Å²) in [5, 5.41) is 1.94. The van der Waals surface area contributed by atoms with Gasteiger partial charge in [-0.15, -0.1) is 0 Å². The number of aromatic nitrogens is 1. The van der Waals surface area contributed by atoms with E-state index in [0.29, 0.717) is 0 Å². The molecule has 0 radical (unpaired) electrons. The van der Waals surface area contributed by atoms with Crippen molar-refractivity contribution in [2.75, 3.05) is 0 Å². The van der Waals surface area contributed by atoms with E-state index in [2.05, 4.69) is 55.8 Å². The molecule has 0 saturated heterocycles. The van der Waals surface area contributed by atoms with Crippen molar-refractivity contribution in [2.45, 2.75) is 27.3 Å². The van der Waals surface area contributed by atoms with Gasteiger partial charge in [0.2, 0.25) is 0 Å². The Morgan fingerprint density at radius 1 is 1.00 bits per heavy atom. The zero-order valence-electron chi connectivity index (χ0n) is 12.1. The highest BCUT2D eigenvalue weighted by Gasteiger charge is 2.08. The SMILES string of the molecule is Cc1cc(C)c(Cn2ccc3c(Cl)cccc32)c(C)c1. The van der Waals surface area contributed by atoms with Gasteiger partial charge in [0.1, 0.15) is 0 Å². The number of aryl methyl sites for hydroxylation is 3. The summed E-state index contributed by atoms with van der Waals surface area (Å²) in [5.41, 5.74) is 6.62. The summed E-state index contributed by atoms with van der Waals surface area (Å²) in [4.78, 5) is 0. The van der Waals surface area contributed by atoms with Crippen molar-refractivity contribution < 1.29 is 0 Å². The second kappa shape index (κ2) is 4.99. The summed E-state index contributed by atoms with van der Waals surface area (Å²) in [6.07, 6.45) is 2.12. The van der Waals surface area contributed by atoms with Crippen LogP contribution in [0.4, 0.5) is 0 Å². The van der Waals surface area contributed by atoms with E-state index in [-0.39, 0.29) is 0 Å².